The van der Waals surface area contributed by atoms with Gasteiger partial charge in [-0.05, 0) is 24.6 Å². The first-order valence-electron chi connectivity index (χ1n) is 9.17. The van der Waals surface area contributed by atoms with Crippen LogP contribution in [0.4, 0.5) is 0 Å². The van der Waals surface area contributed by atoms with Gasteiger partial charge in [0.15, 0.2) is 0 Å². The smallest absolute Gasteiger partial charge is 0.326 e. The third kappa shape index (κ3) is 6.82. The third-order valence-corrected chi connectivity index (χ3v) is 4.40. The van der Waals surface area contributed by atoms with Gasteiger partial charge in [-0.15, -0.1) is 0 Å². The molecule has 4 N–H and O–H groups in total. The Morgan fingerprint density at radius 1 is 1.29 bits per heavy atom. The van der Waals surface area contributed by atoms with E-state index in [1.54, 1.807) is 31.4 Å². The fourth-order valence-electron chi connectivity index (χ4n) is 2.82. The van der Waals surface area contributed by atoms with E-state index in [0.29, 0.717) is 18.9 Å². The number of ether oxygens (including phenoxy) is 2. The van der Waals surface area contributed by atoms with Gasteiger partial charge in [0, 0.05) is 19.5 Å². The van der Waals surface area contributed by atoms with E-state index in [1.807, 2.05) is 0 Å². The number of carboxylic acid groups (broad SMARTS) is 1. The molecule has 0 spiro atoms. The van der Waals surface area contributed by atoms with Crippen molar-refractivity contribution >= 4 is 17.8 Å². The van der Waals surface area contributed by atoms with Gasteiger partial charge in [0.2, 0.25) is 11.8 Å². The molecule has 0 bridgehead atoms. The summed E-state index contributed by atoms with van der Waals surface area (Å²) in [5.41, 5.74) is 0.743. The molecule has 9 heteroatoms. The number of hydrogen-bond donors (Lipinski definition) is 4. The van der Waals surface area contributed by atoms with Crippen LogP contribution in [0, 0.1) is 0 Å². The van der Waals surface area contributed by atoms with Crippen molar-refractivity contribution in [2.75, 3.05) is 26.8 Å². The molecule has 1 aromatic rings. The van der Waals surface area contributed by atoms with E-state index in [2.05, 4.69) is 16.0 Å². The highest BCUT2D eigenvalue weighted by atomic mass is 16.5. The highest BCUT2D eigenvalue weighted by Gasteiger charge is 2.25. The number of morpholine rings is 1. The van der Waals surface area contributed by atoms with Crippen LogP contribution in [-0.2, 0) is 25.5 Å². The van der Waals surface area contributed by atoms with Crippen molar-refractivity contribution in [3.63, 3.8) is 0 Å². The molecule has 28 heavy (non-hydrogen) atoms. The highest BCUT2D eigenvalue weighted by Crippen LogP contribution is 2.13. The molecule has 2 rings (SSSR count). The number of carboxylic acids is 1. The quantitative estimate of drug-likeness (QED) is 0.453. The lowest BCUT2D eigenvalue weighted by Crippen LogP contribution is -2.51. The molecule has 1 fully saturated rings. The van der Waals surface area contributed by atoms with Gasteiger partial charge in [-0.1, -0.05) is 12.1 Å². The van der Waals surface area contributed by atoms with E-state index in [9.17, 15) is 19.5 Å². The second-order valence-corrected chi connectivity index (χ2v) is 6.64. The Morgan fingerprint density at radius 2 is 2.00 bits per heavy atom. The summed E-state index contributed by atoms with van der Waals surface area (Å²) in [6.45, 7) is 3.39. The summed E-state index contributed by atoms with van der Waals surface area (Å²) in [6, 6.07) is 4.96. The van der Waals surface area contributed by atoms with Gasteiger partial charge >= 0.3 is 5.97 Å². The molecule has 1 aliphatic heterocycles. The van der Waals surface area contributed by atoms with Crippen molar-refractivity contribution in [2.45, 2.75) is 38.0 Å². The van der Waals surface area contributed by atoms with Gasteiger partial charge in [-0.2, -0.15) is 0 Å². The van der Waals surface area contributed by atoms with Crippen molar-refractivity contribution in [2.24, 2.45) is 0 Å². The fraction of sp³-hybridized carbons (Fsp3) is 0.526. The van der Waals surface area contributed by atoms with Crippen LogP contribution in [0.5, 0.6) is 5.75 Å². The largest absolute Gasteiger partial charge is 0.497 e. The number of rotatable bonds is 9. The van der Waals surface area contributed by atoms with Crippen LogP contribution in [-0.4, -0.2) is 67.9 Å². The van der Waals surface area contributed by atoms with E-state index >= 15 is 0 Å². The number of carbonyl (C=O) groups excluding carboxylic acids is 2. The molecule has 3 atom stereocenters. The van der Waals surface area contributed by atoms with E-state index < -0.39 is 24.0 Å². The van der Waals surface area contributed by atoms with E-state index in [1.165, 1.54) is 6.92 Å². The number of amides is 2. The maximum absolute atomic E-state index is 12.3. The number of benzene rings is 1. The molecule has 0 radical (unpaired) electrons. The van der Waals surface area contributed by atoms with E-state index in [4.69, 9.17) is 9.47 Å². The lowest BCUT2D eigenvalue weighted by atomic mass is 10.1. The Hall–Kier alpha value is -2.65. The van der Waals surface area contributed by atoms with Gasteiger partial charge in [-0.3, -0.25) is 9.59 Å². The van der Waals surface area contributed by atoms with Crippen LogP contribution in [0.1, 0.15) is 18.9 Å². The van der Waals surface area contributed by atoms with E-state index in [-0.39, 0.29) is 24.9 Å². The minimum absolute atomic E-state index is 0.118. The molecule has 1 aliphatic rings. The molecule has 1 unspecified atom stereocenters. The summed E-state index contributed by atoms with van der Waals surface area (Å²) in [6.07, 6.45) is 0.0254. The maximum atomic E-state index is 12.3. The summed E-state index contributed by atoms with van der Waals surface area (Å²) >= 11 is 0. The monoisotopic (exact) mass is 393 g/mol. The lowest BCUT2D eigenvalue weighted by molar-refractivity contribution is -0.142. The van der Waals surface area contributed by atoms with Gasteiger partial charge < -0.3 is 30.5 Å². The average Bonchev–Trinajstić information content (AvgIpc) is 2.68. The fourth-order valence-corrected chi connectivity index (χ4v) is 2.82. The molecular weight excluding hydrogens is 366 g/mol. The second kappa shape index (κ2) is 10.6. The predicted octanol–water partition coefficient (Wildman–Crippen LogP) is -0.310. The number of nitrogens with one attached hydrogen (secondary N) is 3. The zero-order chi connectivity index (χ0) is 20.5. The molecule has 9 nitrogen and oxygen atoms in total. The molecule has 154 valence electrons. The molecule has 0 aromatic heterocycles. The van der Waals surface area contributed by atoms with Gasteiger partial charge in [0.1, 0.15) is 17.8 Å². The molecule has 0 saturated carbocycles. The summed E-state index contributed by atoms with van der Waals surface area (Å²) in [4.78, 5) is 35.9. The zero-order valence-corrected chi connectivity index (χ0v) is 16.1. The summed E-state index contributed by atoms with van der Waals surface area (Å²) in [7, 11) is 1.54. The minimum Gasteiger partial charge on any atom is -0.497 e. The average molecular weight is 393 g/mol. The molecule has 1 heterocycles. The summed E-state index contributed by atoms with van der Waals surface area (Å²) in [5, 5.41) is 17.6. The van der Waals surface area contributed by atoms with Crippen LogP contribution in [0.25, 0.3) is 0 Å². The third-order valence-electron chi connectivity index (χ3n) is 4.40. The zero-order valence-electron chi connectivity index (χ0n) is 16.1. The van der Waals surface area contributed by atoms with Crippen LogP contribution in [0.2, 0.25) is 0 Å². The number of hydrogen-bond acceptors (Lipinski definition) is 6. The Bertz CT molecular complexity index is 673. The minimum atomic E-state index is -1.15. The van der Waals surface area contributed by atoms with Crippen molar-refractivity contribution in [3.05, 3.63) is 29.8 Å². The van der Waals surface area contributed by atoms with Crippen molar-refractivity contribution in [1.29, 1.82) is 0 Å². The first-order valence-corrected chi connectivity index (χ1v) is 9.17. The topological polar surface area (TPSA) is 126 Å². The van der Waals surface area contributed by atoms with Crippen molar-refractivity contribution < 1.29 is 29.0 Å². The molecule has 1 saturated heterocycles. The first-order chi connectivity index (χ1) is 13.4. The molecular formula is C19H27N3O6. The summed E-state index contributed by atoms with van der Waals surface area (Å²) in [5.74, 6) is -1.37. The number of methoxy groups -OCH3 is 1. The summed E-state index contributed by atoms with van der Waals surface area (Å²) < 4.78 is 10.5. The Labute approximate surface area is 163 Å². The van der Waals surface area contributed by atoms with Crippen molar-refractivity contribution in [1.82, 2.24) is 16.0 Å². The highest BCUT2D eigenvalue weighted by molar-refractivity contribution is 5.90. The lowest BCUT2D eigenvalue weighted by Gasteiger charge is -2.24. The SMILES string of the molecule is COc1ccc(C[C@H](NC(=O)[C@H](C)NC(=O)CC2CNCCO2)C(=O)O)cc1. The van der Waals surface area contributed by atoms with Crippen LogP contribution in [0.15, 0.2) is 24.3 Å². The molecule has 2 amide bonds. The number of carbonyl (C=O) groups is 3. The standard InChI is InChI=1S/C19H27N3O6/c1-12(21-17(23)10-15-11-20-7-8-28-15)18(24)22-16(19(25)26)9-13-3-5-14(27-2)6-4-13/h3-6,12,15-16,20H,7-11H2,1-2H3,(H,21,23)(H,22,24)(H,25,26)/t12-,15?,16-/m0/s1. The van der Waals surface area contributed by atoms with Gasteiger partial charge in [0.25, 0.3) is 0 Å². The van der Waals surface area contributed by atoms with Crippen LogP contribution >= 0.6 is 0 Å². The van der Waals surface area contributed by atoms with E-state index in [0.717, 1.165) is 12.1 Å². The number of aliphatic carboxylic acids is 1. The first kappa shape index (κ1) is 21.6. The van der Waals surface area contributed by atoms with Crippen LogP contribution < -0.4 is 20.7 Å². The Kier molecular flexibility index (Phi) is 8.21. The molecule has 0 aliphatic carbocycles. The second-order valence-electron chi connectivity index (χ2n) is 6.64. The molecule has 1 aromatic carbocycles. The predicted molar refractivity (Wildman–Crippen MR) is 101 cm³/mol. The normalized spacial score (nSPS) is 18.6. The van der Waals surface area contributed by atoms with Gasteiger partial charge in [-0.25, -0.2) is 4.79 Å². The Balaban J connectivity index is 1.85. The Morgan fingerprint density at radius 3 is 2.57 bits per heavy atom. The van der Waals surface area contributed by atoms with Gasteiger partial charge in [0.05, 0.1) is 26.2 Å². The van der Waals surface area contributed by atoms with Crippen molar-refractivity contribution in [3.8, 4) is 5.75 Å². The maximum Gasteiger partial charge on any atom is 0.326 e. The van der Waals surface area contributed by atoms with Crippen LogP contribution in [0.3, 0.4) is 0 Å².